The van der Waals surface area contributed by atoms with Crippen LogP contribution in [0.15, 0.2) is 18.2 Å². The van der Waals surface area contributed by atoms with Gasteiger partial charge in [0.05, 0.1) is 17.7 Å². The number of carbonyl (C=O) groups excluding carboxylic acids is 1. The SMILES string of the molecule is C[C@H]1C(=O)NCCN1CCC(c1ccc(C(F)(F)F)c(F)c1)N1CCC2(CC2)[C@H](O)C1. The topological polar surface area (TPSA) is 55.8 Å². The van der Waals surface area contributed by atoms with Gasteiger partial charge in [0, 0.05) is 32.2 Å². The normalized spacial score (nSPS) is 27.9. The number of aliphatic hydroxyl groups is 1. The number of nitrogens with one attached hydrogen (secondary N) is 1. The average molecular weight is 443 g/mol. The zero-order chi connectivity index (χ0) is 22.4. The van der Waals surface area contributed by atoms with Crippen LogP contribution in [0, 0.1) is 11.2 Å². The highest BCUT2D eigenvalue weighted by Crippen LogP contribution is 2.54. The molecule has 2 N–H and O–H groups in total. The van der Waals surface area contributed by atoms with Gasteiger partial charge in [-0.2, -0.15) is 13.2 Å². The molecule has 0 radical (unpaired) electrons. The predicted molar refractivity (Wildman–Crippen MR) is 107 cm³/mol. The van der Waals surface area contributed by atoms with Crippen LogP contribution >= 0.6 is 0 Å². The largest absolute Gasteiger partial charge is 0.419 e. The van der Waals surface area contributed by atoms with Gasteiger partial charge in [-0.15, -0.1) is 0 Å². The summed E-state index contributed by atoms with van der Waals surface area (Å²) in [6.45, 7) is 4.74. The molecule has 1 unspecified atom stereocenters. The number of piperidine rings is 1. The molecule has 3 fully saturated rings. The molecule has 2 heterocycles. The molecule has 3 atom stereocenters. The molecule has 9 heteroatoms. The Kier molecular flexibility index (Phi) is 6.04. The summed E-state index contributed by atoms with van der Waals surface area (Å²) in [5, 5.41) is 13.5. The molecule has 0 bridgehead atoms. The van der Waals surface area contributed by atoms with E-state index in [0.29, 0.717) is 44.7 Å². The van der Waals surface area contributed by atoms with Crippen LogP contribution in [0.4, 0.5) is 17.6 Å². The fourth-order valence-corrected chi connectivity index (χ4v) is 5.02. The fraction of sp³-hybridized carbons (Fsp3) is 0.682. The molecule has 3 aliphatic rings. The standard InChI is InChI=1S/C22H29F4N3O2/c1-14-20(31)27-8-11-28(14)9-4-18(29-10-7-21(5-6-21)19(30)13-29)15-2-3-16(17(23)12-15)22(24,25)26/h2-3,12,14,18-19,30H,4-11,13H2,1H3,(H,27,31)/t14-,18?,19+/m0/s1. The first-order valence-corrected chi connectivity index (χ1v) is 10.9. The van der Waals surface area contributed by atoms with E-state index < -0.39 is 23.7 Å². The quantitative estimate of drug-likeness (QED) is 0.688. The average Bonchev–Trinajstić information content (AvgIpc) is 3.48. The van der Waals surface area contributed by atoms with Gasteiger partial charge < -0.3 is 10.4 Å². The summed E-state index contributed by atoms with van der Waals surface area (Å²) >= 11 is 0. The number of rotatable bonds is 5. The maximum absolute atomic E-state index is 14.3. The molecule has 1 saturated carbocycles. The summed E-state index contributed by atoms with van der Waals surface area (Å²) in [5.41, 5.74) is -0.808. The summed E-state index contributed by atoms with van der Waals surface area (Å²) in [4.78, 5) is 16.1. The zero-order valence-corrected chi connectivity index (χ0v) is 17.6. The smallest absolute Gasteiger partial charge is 0.391 e. The van der Waals surface area contributed by atoms with E-state index in [0.717, 1.165) is 31.4 Å². The van der Waals surface area contributed by atoms with Gasteiger partial charge in [0.25, 0.3) is 0 Å². The Labute approximate surface area is 179 Å². The van der Waals surface area contributed by atoms with E-state index in [2.05, 4.69) is 10.2 Å². The number of carbonyl (C=O) groups is 1. The monoisotopic (exact) mass is 443 g/mol. The second kappa shape index (κ2) is 8.33. The third-order valence-corrected chi connectivity index (χ3v) is 7.34. The number of hydrogen-bond donors (Lipinski definition) is 2. The van der Waals surface area contributed by atoms with Crippen molar-refractivity contribution in [3.63, 3.8) is 0 Å². The number of halogens is 4. The number of likely N-dealkylation sites (tertiary alicyclic amines) is 1. The van der Waals surface area contributed by atoms with Crippen LogP contribution in [0.5, 0.6) is 0 Å². The summed E-state index contributed by atoms with van der Waals surface area (Å²) in [6, 6.07) is 2.50. The van der Waals surface area contributed by atoms with E-state index in [1.54, 1.807) is 0 Å². The third-order valence-electron chi connectivity index (χ3n) is 7.34. The van der Waals surface area contributed by atoms with Gasteiger partial charge >= 0.3 is 6.18 Å². The number of alkyl halides is 3. The van der Waals surface area contributed by atoms with Crippen molar-refractivity contribution in [2.45, 2.75) is 57.0 Å². The Balaban J connectivity index is 1.55. The maximum atomic E-state index is 14.3. The first-order chi connectivity index (χ1) is 14.6. The molecule has 4 rings (SSSR count). The lowest BCUT2D eigenvalue weighted by Gasteiger charge is -2.42. The van der Waals surface area contributed by atoms with Crippen molar-refractivity contribution in [2.24, 2.45) is 5.41 Å². The second-order valence-corrected chi connectivity index (χ2v) is 9.17. The minimum absolute atomic E-state index is 0.00802. The Hall–Kier alpha value is -1.71. The number of aliphatic hydroxyl groups excluding tert-OH is 1. The van der Waals surface area contributed by atoms with Crippen molar-refractivity contribution in [3.8, 4) is 0 Å². The Morgan fingerprint density at radius 3 is 2.61 bits per heavy atom. The Morgan fingerprint density at radius 1 is 1.26 bits per heavy atom. The van der Waals surface area contributed by atoms with Crippen LogP contribution < -0.4 is 5.32 Å². The molecule has 31 heavy (non-hydrogen) atoms. The summed E-state index contributed by atoms with van der Waals surface area (Å²) < 4.78 is 53.4. The van der Waals surface area contributed by atoms with Crippen LogP contribution in [-0.4, -0.2) is 65.7 Å². The molecule has 1 aromatic carbocycles. The summed E-state index contributed by atoms with van der Waals surface area (Å²) in [6.07, 6.45) is -1.86. The zero-order valence-electron chi connectivity index (χ0n) is 17.6. The molecular formula is C22H29F4N3O2. The van der Waals surface area contributed by atoms with Gasteiger partial charge in [0.1, 0.15) is 5.82 Å². The van der Waals surface area contributed by atoms with Gasteiger partial charge in [0.2, 0.25) is 5.91 Å². The molecule has 2 aliphatic heterocycles. The van der Waals surface area contributed by atoms with Crippen molar-refractivity contribution >= 4 is 5.91 Å². The van der Waals surface area contributed by atoms with Crippen LogP contribution in [0.1, 0.15) is 49.8 Å². The van der Waals surface area contributed by atoms with Gasteiger partial charge in [-0.05, 0) is 62.3 Å². The van der Waals surface area contributed by atoms with Crippen molar-refractivity contribution < 1.29 is 27.5 Å². The predicted octanol–water partition coefficient (Wildman–Crippen LogP) is 2.94. The first-order valence-electron chi connectivity index (χ1n) is 10.9. The minimum atomic E-state index is -4.74. The van der Waals surface area contributed by atoms with Crippen LogP contribution in [0.25, 0.3) is 0 Å². The van der Waals surface area contributed by atoms with Crippen molar-refractivity contribution in [2.75, 3.05) is 32.7 Å². The molecule has 172 valence electrons. The van der Waals surface area contributed by atoms with E-state index in [1.165, 1.54) is 6.07 Å². The van der Waals surface area contributed by atoms with E-state index in [1.807, 2.05) is 11.8 Å². The number of amides is 1. The van der Waals surface area contributed by atoms with Crippen LogP contribution in [-0.2, 0) is 11.0 Å². The number of piperazine rings is 1. The lowest BCUT2D eigenvalue weighted by atomic mass is 9.88. The molecule has 0 aromatic heterocycles. The van der Waals surface area contributed by atoms with Crippen molar-refractivity contribution in [1.29, 1.82) is 0 Å². The number of benzene rings is 1. The van der Waals surface area contributed by atoms with Crippen LogP contribution in [0.3, 0.4) is 0 Å². The number of hydrogen-bond acceptors (Lipinski definition) is 4. The lowest BCUT2D eigenvalue weighted by molar-refractivity contribution is -0.140. The summed E-state index contributed by atoms with van der Waals surface area (Å²) in [5.74, 6) is -1.33. The molecule has 1 aromatic rings. The van der Waals surface area contributed by atoms with Crippen molar-refractivity contribution in [3.05, 3.63) is 35.1 Å². The molecule has 1 spiro atoms. The van der Waals surface area contributed by atoms with Crippen molar-refractivity contribution in [1.82, 2.24) is 15.1 Å². The van der Waals surface area contributed by atoms with Gasteiger partial charge in [0.15, 0.2) is 0 Å². The summed E-state index contributed by atoms with van der Waals surface area (Å²) in [7, 11) is 0. The molecule has 1 aliphatic carbocycles. The highest BCUT2D eigenvalue weighted by Gasteiger charge is 2.52. The number of β-amino-alcohol motifs (C(OH)–C–C–N with tert-alkyl or cyclic N) is 1. The first kappa shape index (κ1) is 22.5. The van der Waals surface area contributed by atoms with E-state index >= 15 is 0 Å². The number of nitrogens with zero attached hydrogens (tertiary/aromatic N) is 2. The molecule has 5 nitrogen and oxygen atoms in total. The Morgan fingerprint density at radius 2 is 2.00 bits per heavy atom. The van der Waals surface area contributed by atoms with Gasteiger partial charge in [-0.25, -0.2) is 4.39 Å². The highest BCUT2D eigenvalue weighted by atomic mass is 19.4. The van der Waals surface area contributed by atoms with E-state index in [4.69, 9.17) is 0 Å². The van der Waals surface area contributed by atoms with Gasteiger partial charge in [-0.1, -0.05) is 6.07 Å². The van der Waals surface area contributed by atoms with Gasteiger partial charge in [-0.3, -0.25) is 14.6 Å². The molecular weight excluding hydrogens is 414 g/mol. The second-order valence-electron chi connectivity index (χ2n) is 9.17. The molecule has 1 amide bonds. The van der Waals surface area contributed by atoms with Crippen LogP contribution in [0.2, 0.25) is 0 Å². The Bertz CT molecular complexity index is 827. The highest BCUT2D eigenvalue weighted by molar-refractivity contribution is 5.81. The maximum Gasteiger partial charge on any atom is 0.419 e. The van der Waals surface area contributed by atoms with E-state index in [9.17, 15) is 27.5 Å². The molecule has 2 saturated heterocycles. The minimum Gasteiger partial charge on any atom is -0.391 e. The fourth-order valence-electron chi connectivity index (χ4n) is 5.02. The third kappa shape index (κ3) is 4.59. The lowest BCUT2D eigenvalue weighted by Crippen LogP contribution is -2.54. The van der Waals surface area contributed by atoms with E-state index in [-0.39, 0.29) is 23.4 Å².